The molecule has 1 unspecified atom stereocenters. The van der Waals surface area contributed by atoms with Gasteiger partial charge in [0.15, 0.2) is 0 Å². The Kier molecular flexibility index (Phi) is 6.07. The van der Waals surface area contributed by atoms with Crippen LogP contribution in [0.4, 0.5) is 13.2 Å². The van der Waals surface area contributed by atoms with Gasteiger partial charge >= 0.3 is 6.18 Å². The van der Waals surface area contributed by atoms with E-state index in [1.54, 1.807) is 25.1 Å². The molecule has 1 aromatic heterocycles. The van der Waals surface area contributed by atoms with Gasteiger partial charge in [0.1, 0.15) is 0 Å². The molecule has 3 rings (SSSR count). The Morgan fingerprint density at radius 2 is 1.90 bits per heavy atom. The summed E-state index contributed by atoms with van der Waals surface area (Å²) in [6.45, 7) is 1.82. The van der Waals surface area contributed by atoms with Crippen molar-refractivity contribution in [3.05, 3.63) is 74.7 Å². The summed E-state index contributed by atoms with van der Waals surface area (Å²) < 4.78 is 40.0. The van der Waals surface area contributed by atoms with Crippen LogP contribution in [0, 0.1) is 0 Å². The van der Waals surface area contributed by atoms with Gasteiger partial charge in [-0.15, -0.1) is 0 Å². The van der Waals surface area contributed by atoms with Gasteiger partial charge in [0.25, 0.3) is 5.56 Å². The minimum absolute atomic E-state index is 0.0338. The van der Waals surface area contributed by atoms with E-state index in [9.17, 15) is 22.8 Å². The molecule has 1 amide bonds. The Hall–Kier alpha value is -2.68. The molecule has 9 heteroatoms. The fraction of sp³-hybridized carbons (Fsp3) is 0.250. The molecule has 5 nitrogen and oxygen atoms in total. The fourth-order valence-corrected chi connectivity index (χ4v) is 3.23. The molecule has 152 valence electrons. The smallest absolute Gasteiger partial charge is 0.350 e. The normalized spacial score (nSPS) is 12.7. The van der Waals surface area contributed by atoms with Gasteiger partial charge in [-0.1, -0.05) is 28.1 Å². The summed E-state index contributed by atoms with van der Waals surface area (Å²) in [4.78, 5) is 29.0. The van der Waals surface area contributed by atoms with E-state index in [0.717, 1.165) is 16.6 Å². The van der Waals surface area contributed by atoms with Crippen LogP contribution in [0.25, 0.3) is 10.9 Å². The van der Waals surface area contributed by atoms with Gasteiger partial charge in [0, 0.05) is 17.4 Å². The number of nitrogens with one attached hydrogen (secondary N) is 1. The molecule has 0 radical (unpaired) electrons. The Bertz CT molecular complexity index is 1090. The van der Waals surface area contributed by atoms with E-state index in [2.05, 4.69) is 26.2 Å². The van der Waals surface area contributed by atoms with Gasteiger partial charge in [-0.25, -0.2) is 4.98 Å². The minimum Gasteiger partial charge on any atom is -0.350 e. The zero-order valence-corrected chi connectivity index (χ0v) is 16.9. The average Bonchev–Trinajstić information content (AvgIpc) is 2.67. The first-order valence-corrected chi connectivity index (χ1v) is 9.55. The summed E-state index contributed by atoms with van der Waals surface area (Å²) in [5.74, 6) is -0.321. The van der Waals surface area contributed by atoms with Crippen LogP contribution in [0.3, 0.4) is 0 Å². The van der Waals surface area contributed by atoms with Crippen LogP contribution >= 0.6 is 15.9 Å². The number of rotatable bonds is 5. The van der Waals surface area contributed by atoms with E-state index in [0.29, 0.717) is 16.5 Å². The molecular formula is C20H17BrF3N3O2. The lowest BCUT2D eigenvalue weighted by Crippen LogP contribution is -2.29. The Labute approximate surface area is 172 Å². The van der Waals surface area contributed by atoms with E-state index < -0.39 is 17.8 Å². The molecule has 0 bridgehead atoms. The van der Waals surface area contributed by atoms with Gasteiger partial charge in [0.05, 0.1) is 28.8 Å². The summed E-state index contributed by atoms with van der Waals surface area (Å²) in [6.07, 6.45) is -2.97. The first kappa shape index (κ1) is 21.0. The highest BCUT2D eigenvalue weighted by molar-refractivity contribution is 9.10. The summed E-state index contributed by atoms with van der Waals surface area (Å²) >= 11 is 3.32. The lowest BCUT2D eigenvalue weighted by atomic mass is 10.1. The molecule has 0 aliphatic carbocycles. The predicted octanol–water partition coefficient (Wildman–Crippen LogP) is 4.45. The van der Waals surface area contributed by atoms with Crippen LogP contribution in [0.5, 0.6) is 0 Å². The molecule has 2 aromatic carbocycles. The van der Waals surface area contributed by atoms with Crippen LogP contribution in [-0.4, -0.2) is 15.5 Å². The fourth-order valence-electron chi connectivity index (χ4n) is 2.87. The molecule has 0 aliphatic heterocycles. The van der Waals surface area contributed by atoms with E-state index >= 15 is 0 Å². The third kappa shape index (κ3) is 5.03. The summed E-state index contributed by atoms with van der Waals surface area (Å²) in [7, 11) is 0. The maximum atomic E-state index is 12.6. The van der Waals surface area contributed by atoms with E-state index in [4.69, 9.17) is 0 Å². The Balaban J connectivity index is 1.63. The number of hydrogen-bond acceptors (Lipinski definition) is 3. The number of carbonyl (C=O) groups is 1. The molecule has 0 fully saturated rings. The molecule has 0 saturated heterocycles. The van der Waals surface area contributed by atoms with Crippen molar-refractivity contribution in [2.24, 2.45) is 0 Å². The summed E-state index contributed by atoms with van der Waals surface area (Å²) in [6, 6.07) is 9.36. The van der Waals surface area contributed by atoms with E-state index in [1.165, 1.54) is 23.0 Å². The zero-order chi connectivity index (χ0) is 21.2. The number of nitrogens with zero attached hydrogens (tertiary/aromatic N) is 2. The lowest BCUT2D eigenvalue weighted by molar-refractivity contribution is -0.137. The first-order chi connectivity index (χ1) is 13.6. The molecule has 1 heterocycles. The molecular weight excluding hydrogens is 451 g/mol. The van der Waals surface area contributed by atoms with Crippen LogP contribution < -0.4 is 10.9 Å². The SMILES string of the molecule is CC(NC(=O)CCn1cnc2ccc(Br)cc2c1=O)c1ccc(C(F)(F)F)cc1. The molecule has 1 N–H and O–H groups in total. The van der Waals surface area contributed by atoms with Crippen molar-refractivity contribution < 1.29 is 18.0 Å². The van der Waals surface area contributed by atoms with Gasteiger partial charge < -0.3 is 5.32 Å². The van der Waals surface area contributed by atoms with Gasteiger partial charge in [0.2, 0.25) is 5.91 Å². The highest BCUT2D eigenvalue weighted by Gasteiger charge is 2.30. The standard InChI is InChI=1S/C20H17BrF3N3O2/c1-12(13-2-4-14(5-3-13)20(22,23)24)26-18(28)8-9-27-11-25-17-7-6-15(21)10-16(17)19(27)29/h2-7,10-12H,8-9H2,1H3,(H,26,28). The number of amides is 1. The number of aryl methyl sites for hydroxylation is 1. The Morgan fingerprint density at radius 1 is 1.21 bits per heavy atom. The second kappa shape index (κ2) is 8.36. The highest BCUT2D eigenvalue weighted by atomic mass is 79.9. The maximum Gasteiger partial charge on any atom is 0.416 e. The van der Waals surface area contributed by atoms with Crippen LogP contribution in [0.2, 0.25) is 0 Å². The van der Waals surface area contributed by atoms with Crippen molar-refractivity contribution in [2.45, 2.75) is 32.1 Å². The van der Waals surface area contributed by atoms with Crippen molar-refractivity contribution >= 4 is 32.7 Å². The van der Waals surface area contributed by atoms with E-state index in [-0.39, 0.29) is 24.4 Å². The predicted molar refractivity (Wildman–Crippen MR) is 106 cm³/mol. The third-order valence-electron chi connectivity index (χ3n) is 4.48. The van der Waals surface area contributed by atoms with Crippen molar-refractivity contribution in [1.29, 1.82) is 0 Å². The van der Waals surface area contributed by atoms with Gasteiger partial charge in [-0.05, 0) is 42.8 Å². The lowest BCUT2D eigenvalue weighted by Gasteiger charge is -2.16. The average molecular weight is 468 g/mol. The first-order valence-electron chi connectivity index (χ1n) is 8.76. The number of hydrogen-bond donors (Lipinski definition) is 1. The molecule has 0 aliphatic rings. The monoisotopic (exact) mass is 467 g/mol. The number of halogens is 4. The van der Waals surface area contributed by atoms with Crippen molar-refractivity contribution in [3.63, 3.8) is 0 Å². The van der Waals surface area contributed by atoms with Crippen LogP contribution in [-0.2, 0) is 17.5 Å². The number of aromatic nitrogens is 2. The minimum atomic E-state index is -4.40. The maximum absolute atomic E-state index is 12.6. The number of carbonyl (C=O) groups excluding carboxylic acids is 1. The quantitative estimate of drug-likeness (QED) is 0.602. The van der Waals surface area contributed by atoms with Gasteiger partial charge in [-0.3, -0.25) is 14.2 Å². The summed E-state index contributed by atoms with van der Waals surface area (Å²) in [5.41, 5.74) is 0.130. The van der Waals surface area contributed by atoms with Crippen molar-refractivity contribution in [1.82, 2.24) is 14.9 Å². The third-order valence-corrected chi connectivity index (χ3v) is 4.97. The summed E-state index contributed by atoms with van der Waals surface area (Å²) in [5, 5.41) is 3.17. The van der Waals surface area contributed by atoms with Crippen LogP contribution in [0.1, 0.15) is 30.5 Å². The van der Waals surface area contributed by atoms with Crippen LogP contribution in [0.15, 0.2) is 58.1 Å². The zero-order valence-electron chi connectivity index (χ0n) is 15.3. The largest absolute Gasteiger partial charge is 0.416 e. The molecule has 0 spiro atoms. The molecule has 3 aromatic rings. The van der Waals surface area contributed by atoms with Crippen molar-refractivity contribution in [2.75, 3.05) is 0 Å². The molecule has 1 atom stereocenters. The highest BCUT2D eigenvalue weighted by Crippen LogP contribution is 2.29. The number of benzene rings is 2. The second-order valence-electron chi connectivity index (χ2n) is 6.56. The molecule has 29 heavy (non-hydrogen) atoms. The number of fused-ring (bicyclic) bond motifs is 1. The Morgan fingerprint density at radius 3 is 2.55 bits per heavy atom. The van der Waals surface area contributed by atoms with E-state index in [1.807, 2.05) is 0 Å². The molecule has 0 saturated carbocycles. The number of alkyl halides is 3. The second-order valence-corrected chi connectivity index (χ2v) is 7.48. The van der Waals surface area contributed by atoms with Crippen molar-refractivity contribution in [3.8, 4) is 0 Å². The topological polar surface area (TPSA) is 64.0 Å². The van der Waals surface area contributed by atoms with Gasteiger partial charge in [-0.2, -0.15) is 13.2 Å².